The van der Waals surface area contributed by atoms with Gasteiger partial charge >= 0.3 is 0 Å². The molecule has 0 unspecified atom stereocenters. The van der Waals surface area contributed by atoms with Gasteiger partial charge < -0.3 is 4.90 Å². The van der Waals surface area contributed by atoms with Crippen LogP contribution in [0.1, 0.15) is 25.0 Å². The van der Waals surface area contributed by atoms with E-state index in [1.165, 1.54) is 4.31 Å². The minimum absolute atomic E-state index is 0.116. The fourth-order valence-corrected chi connectivity index (χ4v) is 2.81. The van der Waals surface area contributed by atoms with Crippen LogP contribution >= 0.6 is 0 Å². The summed E-state index contributed by atoms with van der Waals surface area (Å²) in [6.45, 7) is 6.96. The fraction of sp³-hybridized carbons (Fsp3) is 0.533. The molecule has 0 heterocycles. The first kappa shape index (κ1) is 17.7. The van der Waals surface area contributed by atoms with Crippen molar-refractivity contribution in [1.29, 1.82) is 0 Å². The van der Waals surface area contributed by atoms with Gasteiger partial charge in [0.15, 0.2) is 0 Å². The molecule has 0 spiro atoms. The van der Waals surface area contributed by atoms with Crippen LogP contribution in [-0.4, -0.2) is 49.4 Å². The molecule has 0 saturated carbocycles. The summed E-state index contributed by atoms with van der Waals surface area (Å²) in [6, 6.07) is 7.59. The van der Waals surface area contributed by atoms with Crippen LogP contribution in [0.5, 0.6) is 0 Å². The van der Waals surface area contributed by atoms with Gasteiger partial charge in [-0.15, -0.1) is 0 Å². The first-order valence-electron chi connectivity index (χ1n) is 7.07. The summed E-state index contributed by atoms with van der Waals surface area (Å²) in [5.41, 5.74) is 1.93. The lowest BCUT2D eigenvalue weighted by Crippen LogP contribution is -2.42. The molecular formula is C15H24N2O3S. The molecule has 1 rings (SSSR count). The topological polar surface area (TPSA) is 57.7 Å². The normalized spacial score (nSPS) is 11.7. The van der Waals surface area contributed by atoms with E-state index in [-0.39, 0.29) is 19.0 Å². The highest BCUT2D eigenvalue weighted by Crippen LogP contribution is 2.13. The number of amides is 1. The molecule has 21 heavy (non-hydrogen) atoms. The van der Waals surface area contributed by atoms with Crippen molar-refractivity contribution in [3.05, 3.63) is 35.4 Å². The van der Waals surface area contributed by atoms with Crippen molar-refractivity contribution < 1.29 is 13.2 Å². The van der Waals surface area contributed by atoms with E-state index in [2.05, 4.69) is 0 Å². The summed E-state index contributed by atoms with van der Waals surface area (Å²) in [7, 11) is -3.44. The number of nitrogens with zero attached hydrogens (tertiary/aromatic N) is 2. The quantitative estimate of drug-likeness (QED) is 0.769. The molecule has 6 heteroatoms. The number of carbonyl (C=O) groups is 1. The second-order valence-corrected chi connectivity index (χ2v) is 7.01. The Morgan fingerprint density at radius 1 is 1.14 bits per heavy atom. The third kappa shape index (κ3) is 5.13. The van der Waals surface area contributed by atoms with Crippen molar-refractivity contribution >= 4 is 15.9 Å². The number of aryl methyl sites for hydroxylation is 1. The Bertz CT molecular complexity index is 580. The van der Waals surface area contributed by atoms with E-state index in [9.17, 15) is 13.2 Å². The summed E-state index contributed by atoms with van der Waals surface area (Å²) >= 11 is 0. The highest BCUT2D eigenvalue weighted by atomic mass is 32.2. The Labute approximate surface area is 127 Å². The van der Waals surface area contributed by atoms with E-state index in [1.54, 1.807) is 4.90 Å². The van der Waals surface area contributed by atoms with Crippen LogP contribution in [0.4, 0.5) is 0 Å². The average Bonchev–Trinajstić information content (AvgIpc) is 2.40. The lowest BCUT2D eigenvalue weighted by Gasteiger charge is -2.25. The van der Waals surface area contributed by atoms with E-state index < -0.39 is 10.0 Å². The van der Waals surface area contributed by atoms with Crippen molar-refractivity contribution in [3.8, 4) is 0 Å². The van der Waals surface area contributed by atoms with Gasteiger partial charge in [-0.25, -0.2) is 8.42 Å². The monoisotopic (exact) mass is 312 g/mol. The number of hydrogen-bond donors (Lipinski definition) is 0. The maximum atomic E-state index is 12.2. The largest absolute Gasteiger partial charge is 0.342 e. The van der Waals surface area contributed by atoms with Crippen molar-refractivity contribution in [1.82, 2.24) is 9.21 Å². The minimum atomic E-state index is -3.44. The Balaban J connectivity index is 2.93. The van der Waals surface area contributed by atoms with Crippen LogP contribution < -0.4 is 0 Å². The molecule has 0 bridgehead atoms. The number of likely N-dealkylation sites (N-methyl/N-ethyl adjacent to an activating group) is 1. The van der Waals surface area contributed by atoms with Gasteiger partial charge in [-0.1, -0.05) is 24.3 Å². The lowest BCUT2D eigenvalue weighted by molar-refractivity contribution is -0.131. The van der Waals surface area contributed by atoms with E-state index >= 15 is 0 Å². The molecule has 0 aliphatic heterocycles. The fourth-order valence-electron chi connectivity index (χ4n) is 2.10. The molecule has 1 aromatic rings. The number of carbonyl (C=O) groups excluding carboxylic acids is 1. The minimum Gasteiger partial charge on any atom is -0.342 e. The molecular weight excluding hydrogens is 288 g/mol. The molecule has 0 fully saturated rings. The van der Waals surface area contributed by atoms with E-state index in [1.807, 2.05) is 45.0 Å². The molecule has 0 aliphatic carbocycles. The van der Waals surface area contributed by atoms with Gasteiger partial charge in [0.1, 0.15) is 0 Å². The zero-order valence-corrected chi connectivity index (χ0v) is 14.0. The zero-order chi connectivity index (χ0) is 16.0. The molecule has 0 aliphatic rings. The average molecular weight is 312 g/mol. The highest BCUT2D eigenvalue weighted by Gasteiger charge is 2.23. The molecule has 0 atom stereocenters. The maximum Gasteiger partial charge on any atom is 0.237 e. The maximum absolute atomic E-state index is 12.2. The van der Waals surface area contributed by atoms with Crippen molar-refractivity contribution in [2.24, 2.45) is 0 Å². The van der Waals surface area contributed by atoms with Gasteiger partial charge in [0.05, 0.1) is 12.8 Å². The molecule has 0 radical (unpaired) electrons. The lowest BCUT2D eigenvalue weighted by atomic mass is 10.1. The summed E-state index contributed by atoms with van der Waals surface area (Å²) in [5, 5.41) is 0. The molecule has 5 nitrogen and oxygen atoms in total. The second-order valence-electron chi connectivity index (χ2n) is 5.02. The molecule has 0 aromatic heterocycles. The van der Waals surface area contributed by atoms with Gasteiger partial charge in [-0.3, -0.25) is 4.79 Å². The van der Waals surface area contributed by atoms with Crippen LogP contribution in [0.25, 0.3) is 0 Å². The van der Waals surface area contributed by atoms with E-state index in [0.29, 0.717) is 13.1 Å². The van der Waals surface area contributed by atoms with Crippen LogP contribution in [0.2, 0.25) is 0 Å². The van der Waals surface area contributed by atoms with Crippen LogP contribution in [-0.2, 0) is 21.4 Å². The molecule has 0 saturated heterocycles. The molecule has 1 aromatic carbocycles. The summed E-state index contributed by atoms with van der Waals surface area (Å²) in [6.07, 6.45) is 1.14. The summed E-state index contributed by atoms with van der Waals surface area (Å²) < 4.78 is 25.1. The Kier molecular flexibility index (Phi) is 6.36. The van der Waals surface area contributed by atoms with Crippen LogP contribution in [0.3, 0.4) is 0 Å². The third-order valence-electron chi connectivity index (χ3n) is 3.50. The van der Waals surface area contributed by atoms with E-state index in [4.69, 9.17) is 0 Å². The van der Waals surface area contributed by atoms with Crippen LogP contribution in [0.15, 0.2) is 24.3 Å². The van der Waals surface area contributed by atoms with Crippen molar-refractivity contribution in [2.75, 3.05) is 25.9 Å². The van der Waals surface area contributed by atoms with Crippen molar-refractivity contribution in [2.45, 2.75) is 27.3 Å². The Hall–Kier alpha value is -1.40. The number of rotatable bonds is 7. The van der Waals surface area contributed by atoms with Gasteiger partial charge in [-0.2, -0.15) is 4.31 Å². The number of benzene rings is 1. The molecule has 0 N–H and O–H groups in total. The molecule has 1 amide bonds. The summed E-state index contributed by atoms with van der Waals surface area (Å²) in [4.78, 5) is 13.8. The Morgan fingerprint density at radius 3 is 2.19 bits per heavy atom. The predicted octanol–water partition coefficient (Wildman–Crippen LogP) is 1.63. The number of hydrogen-bond acceptors (Lipinski definition) is 3. The van der Waals surface area contributed by atoms with Crippen LogP contribution in [0, 0.1) is 6.92 Å². The highest BCUT2D eigenvalue weighted by molar-refractivity contribution is 7.88. The van der Waals surface area contributed by atoms with Gasteiger partial charge in [0.2, 0.25) is 15.9 Å². The first-order valence-corrected chi connectivity index (χ1v) is 8.91. The summed E-state index contributed by atoms with van der Waals surface area (Å²) in [5.74, 6) is -0.168. The number of sulfonamides is 1. The first-order chi connectivity index (χ1) is 9.79. The third-order valence-corrected chi connectivity index (χ3v) is 4.70. The van der Waals surface area contributed by atoms with Gasteiger partial charge in [-0.05, 0) is 31.9 Å². The van der Waals surface area contributed by atoms with Gasteiger partial charge in [0, 0.05) is 19.6 Å². The van der Waals surface area contributed by atoms with Gasteiger partial charge in [0.25, 0.3) is 0 Å². The molecule has 118 valence electrons. The van der Waals surface area contributed by atoms with Crippen molar-refractivity contribution in [3.63, 3.8) is 0 Å². The van der Waals surface area contributed by atoms with E-state index in [0.717, 1.165) is 17.4 Å². The predicted molar refractivity (Wildman–Crippen MR) is 84.4 cm³/mol. The SMILES string of the molecule is CCN(CC)C(=O)CN(Cc1ccccc1C)S(C)(=O)=O. The standard InChI is InChI=1S/C15H24N2O3S/c1-5-16(6-2)15(18)12-17(21(4,19)20)11-14-10-8-7-9-13(14)3/h7-10H,5-6,11-12H2,1-4H3. The second kappa shape index (κ2) is 7.56. The zero-order valence-electron chi connectivity index (χ0n) is 13.2. The Morgan fingerprint density at radius 2 is 1.71 bits per heavy atom. The smallest absolute Gasteiger partial charge is 0.237 e.